The molecule has 0 aliphatic heterocycles. The summed E-state index contributed by atoms with van der Waals surface area (Å²) < 4.78 is 13.1. The van der Waals surface area contributed by atoms with E-state index in [1.165, 1.54) is 12.1 Å². The molecule has 0 heterocycles. The number of aliphatic imine (C=N–C) groups is 1. The standard InChI is InChI=1S/C16H21FN4O/c1-2-18-16(21-13-7-3-4-8-13)19-11-15(22)20-14-9-5-6-12(17)10-14/h3-6,9-10,13H,2,7-8,11H2,1H3,(H,20,22)(H2,18,19,21). The van der Waals surface area contributed by atoms with Gasteiger partial charge in [0, 0.05) is 18.3 Å². The van der Waals surface area contributed by atoms with E-state index in [0.717, 1.165) is 19.4 Å². The summed E-state index contributed by atoms with van der Waals surface area (Å²) in [5.41, 5.74) is 0.429. The molecule has 2 rings (SSSR count). The first-order chi connectivity index (χ1) is 10.7. The Bertz CT molecular complexity index is 563. The zero-order chi connectivity index (χ0) is 15.8. The van der Waals surface area contributed by atoms with Crippen LogP contribution < -0.4 is 16.0 Å². The lowest BCUT2D eigenvalue weighted by molar-refractivity contribution is -0.114. The largest absolute Gasteiger partial charge is 0.357 e. The zero-order valence-electron chi connectivity index (χ0n) is 12.6. The predicted molar refractivity (Wildman–Crippen MR) is 86.3 cm³/mol. The molecule has 0 saturated carbocycles. The number of hydrogen-bond donors (Lipinski definition) is 3. The van der Waals surface area contributed by atoms with Gasteiger partial charge in [0.25, 0.3) is 0 Å². The minimum Gasteiger partial charge on any atom is -0.357 e. The van der Waals surface area contributed by atoms with Gasteiger partial charge in [-0.05, 0) is 38.0 Å². The molecule has 0 aromatic heterocycles. The number of hydrogen-bond acceptors (Lipinski definition) is 2. The fourth-order valence-electron chi connectivity index (χ4n) is 2.17. The Morgan fingerprint density at radius 1 is 1.36 bits per heavy atom. The maximum atomic E-state index is 13.1. The van der Waals surface area contributed by atoms with Crippen molar-refractivity contribution in [2.75, 3.05) is 18.4 Å². The van der Waals surface area contributed by atoms with Crippen LogP contribution in [0.15, 0.2) is 41.4 Å². The smallest absolute Gasteiger partial charge is 0.246 e. The summed E-state index contributed by atoms with van der Waals surface area (Å²) >= 11 is 0. The van der Waals surface area contributed by atoms with Gasteiger partial charge in [0.1, 0.15) is 12.4 Å². The Labute approximate surface area is 129 Å². The topological polar surface area (TPSA) is 65.5 Å². The van der Waals surface area contributed by atoms with Crippen LogP contribution >= 0.6 is 0 Å². The van der Waals surface area contributed by atoms with Crippen LogP contribution in [0.1, 0.15) is 19.8 Å². The van der Waals surface area contributed by atoms with Crippen LogP contribution in [0.2, 0.25) is 0 Å². The highest BCUT2D eigenvalue weighted by atomic mass is 19.1. The Morgan fingerprint density at radius 3 is 2.82 bits per heavy atom. The fraction of sp³-hybridized carbons (Fsp3) is 0.375. The van der Waals surface area contributed by atoms with Gasteiger partial charge in [-0.25, -0.2) is 9.38 Å². The lowest BCUT2D eigenvalue weighted by Crippen LogP contribution is -2.42. The summed E-state index contributed by atoms with van der Waals surface area (Å²) in [5, 5.41) is 9.01. The van der Waals surface area contributed by atoms with Crippen LogP contribution in [0.5, 0.6) is 0 Å². The number of amides is 1. The van der Waals surface area contributed by atoms with Gasteiger partial charge in [-0.1, -0.05) is 18.2 Å². The van der Waals surface area contributed by atoms with Crippen molar-refractivity contribution in [2.24, 2.45) is 4.99 Å². The summed E-state index contributed by atoms with van der Waals surface area (Å²) in [6.45, 7) is 2.67. The molecule has 1 aromatic carbocycles. The van der Waals surface area contributed by atoms with Gasteiger partial charge in [0.2, 0.25) is 5.91 Å². The van der Waals surface area contributed by atoms with Crippen LogP contribution in [-0.4, -0.2) is 31.0 Å². The molecule has 22 heavy (non-hydrogen) atoms. The van der Waals surface area contributed by atoms with E-state index in [2.05, 4.69) is 33.1 Å². The Morgan fingerprint density at radius 2 is 2.14 bits per heavy atom. The van der Waals surface area contributed by atoms with Crippen LogP contribution in [0.25, 0.3) is 0 Å². The van der Waals surface area contributed by atoms with Crippen LogP contribution in [0.4, 0.5) is 10.1 Å². The van der Waals surface area contributed by atoms with Crippen molar-refractivity contribution < 1.29 is 9.18 Å². The average molecular weight is 304 g/mol. The molecular formula is C16H21FN4O. The molecular weight excluding hydrogens is 283 g/mol. The predicted octanol–water partition coefficient (Wildman–Crippen LogP) is 2.04. The van der Waals surface area contributed by atoms with Gasteiger partial charge in [-0.15, -0.1) is 0 Å². The summed E-state index contributed by atoms with van der Waals surface area (Å²) in [7, 11) is 0. The van der Waals surface area contributed by atoms with Crippen LogP contribution in [-0.2, 0) is 4.79 Å². The van der Waals surface area contributed by atoms with Crippen molar-refractivity contribution in [3.63, 3.8) is 0 Å². The first-order valence-corrected chi connectivity index (χ1v) is 7.42. The Kier molecular flexibility index (Phi) is 5.94. The van der Waals surface area contributed by atoms with Gasteiger partial charge in [0.05, 0.1) is 0 Å². The molecule has 5 nitrogen and oxygen atoms in total. The van der Waals surface area contributed by atoms with Crippen molar-refractivity contribution in [1.29, 1.82) is 0 Å². The van der Waals surface area contributed by atoms with E-state index < -0.39 is 0 Å². The zero-order valence-corrected chi connectivity index (χ0v) is 12.6. The molecule has 0 atom stereocenters. The molecule has 0 spiro atoms. The minimum absolute atomic E-state index is 0.0218. The highest BCUT2D eigenvalue weighted by Gasteiger charge is 2.12. The van der Waals surface area contributed by atoms with E-state index in [4.69, 9.17) is 0 Å². The molecule has 0 bridgehead atoms. The highest BCUT2D eigenvalue weighted by molar-refractivity contribution is 5.94. The third kappa shape index (κ3) is 5.20. The van der Waals surface area contributed by atoms with Crippen molar-refractivity contribution in [3.8, 4) is 0 Å². The Hall–Kier alpha value is -2.37. The first kappa shape index (κ1) is 16.0. The molecule has 1 aliphatic carbocycles. The number of halogens is 1. The van der Waals surface area contributed by atoms with Crippen molar-refractivity contribution >= 4 is 17.6 Å². The summed E-state index contributed by atoms with van der Waals surface area (Å²) in [6.07, 6.45) is 6.16. The number of benzene rings is 1. The number of nitrogens with one attached hydrogen (secondary N) is 3. The number of guanidine groups is 1. The first-order valence-electron chi connectivity index (χ1n) is 7.42. The second-order valence-electron chi connectivity index (χ2n) is 5.04. The SMILES string of the molecule is CCNC(=NCC(=O)Nc1cccc(F)c1)NC1CC=CC1. The minimum atomic E-state index is -0.384. The summed E-state index contributed by atoms with van der Waals surface area (Å²) in [6, 6.07) is 6.11. The van der Waals surface area contributed by atoms with Gasteiger partial charge in [-0.3, -0.25) is 4.79 Å². The second-order valence-corrected chi connectivity index (χ2v) is 5.04. The quantitative estimate of drug-likeness (QED) is 0.443. The molecule has 0 radical (unpaired) electrons. The second kappa shape index (κ2) is 8.17. The molecule has 0 saturated heterocycles. The van der Waals surface area contributed by atoms with Gasteiger partial charge in [0.15, 0.2) is 5.96 Å². The molecule has 0 unspecified atom stereocenters. The van der Waals surface area contributed by atoms with Crippen LogP contribution in [0.3, 0.4) is 0 Å². The van der Waals surface area contributed by atoms with E-state index in [-0.39, 0.29) is 18.3 Å². The number of anilines is 1. The summed E-state index contributed by atoms with van der Waals surface area (Å²) in [4.78, 5) is 16.1. The average Bonchev–Trinajstić information content (AvgIpc) is 2.98. The van der Waals surface area contributed by atoms with Gasteiger partial charge < -0.3 is 16.0 Å². The lowest BCUT2D eigenvalue weighted by Gasteiger charge is -2.16. The highest BCUT2D eigenvalue weighted by Crippen LogP contribution is 2.09. The number of carbonyl (C=O) groups excluding carboxylic acids is 1. The number of nitrogens with zero attached hydrogens (tertiary/aromatic N) is 1. The van der Waals surface area contributed by atoms with E-state index in [0.29, 0.717) is 17.7 Å². The normalized spacial score (nSPS) is 14.9. The summed E-state index contributed by atoms with van der Waals surface area (Å²) in [5.74, 6) is -0.0528. The molecule has 118 valence electrons. The van der Waals surface area contributed by atoms with Crippen LogP contribution in [0, 0.1) is 5.82 Å². The van der Waals surface area contributed by atoms with E-state index in [1.54, 1.807) is 12.1 Å². The number of carbonyl (C=O) groups is 1. The number of rotatable bonds is 5. The monoisotopic (exact) mass is 304 g/mol. The molecule has 1 amide bonds. The third-order valence-corrected chi connectivity index (χ3v) is 3.18. The van der Waals surface area contributed by atoms with Gasteiger partial charge >= 0.3 is 0 Å². The van der Waals surface area contributed by atoms with Crippen molar-refractivity contribution in [2.45, 2.75) is 25.8 Å². The molecule has 6 heteroatoms. The molecule has 1 aromatic rings. The molecule has 3 N–H and O–H groups in total. The maximum absolute atomic E-state index is 13.1. The molecule has 0 fully saturated rings. The van der Waals surface area contributed by atoms with Crippen molar-refractivity contribution in [1.82, 2.24) is 10.6 Å². The lowest BCUT2D eigenvalue weighted by atomic mass is 10.2. The molecule has 1 aliphatic rings. The maximum Gasteiger partial charge on any atom is 0.246 e. The van der Waals surface area contributed by atoms with E-state index in [9.17, 15) is 9.18 Å². The van der Waals surface area contributed by atoms with Gasteiger partial charge in [-0.2, -0.15) is 0 Å². The third-order valence-electron chi connectivity index (χ3n) is 3.18. The van der Waals surface area contributed by atoms with Crippen molar-refractivity contribution in [3.05, 3.63) is 42.2 Å². The van der Waals surface area contributed by atoms with E-state index in [1.807, 2.05) is 6.92 Å². The Balaban J connectivity index is 1.87. The van der Waals surface area contributed by atoms with E-state index >= 15 is 0 Å². The fourth-order valence-corrected chi connectivity index (χ4v) is 2.17.